The van der Waals surface area contributed by atoms with Gasteiger partial charge in [0.05, 0.1) is 17.3 Å². The molecule has 1 aromatic carbocycles. The van der Waals surface area contributed by atoms with Gasteiger partial charge >= 0.3 is 0 Å². The van der Waals surface area contributed by atoms with Crippen molar-refractivity contribution >= 4 is 22.6 Å². The molecule has 0 aromatic heterocycles. The molecule has 3 nitrogen and oxygen atoms in total. The topological polar surface area (TPSA) is 39.4 Å². The van der Waals surface area contributed by atoms with E-state index in [9.17, 15) is 5.26 Å². The van der Waals surface area contributed by atoms with E-state index in [1.54, 1.807) is 0 Å². The lowest BCUT2D eigenvalue weighted by Crippen LogP contribution is -2.37. The second kappa shape index (κ2) is 7.64. The number of nitrogens with zero attached hydrogens (tertiary/aromatic N) is 3. The second-order valence-electron chi connectivity index (χ2n) is 8.16. The van der Waals surface area contributed by atoms with Crippen LogP contribution in [0, 0.1) is 11.3 Å². The number of nitriles is 1. The van der Waals surface area contributed by atoms with Crippen molar-refractivity contribution in [2.24, 2.45) is 4.99 Å². The maximum absolute atomic E-state index is 9.23. The van der Waals surface area contributed by atoms with Gasteiger partial charge in [0.2, 0.25) is 0 Å². The average molecular weight is 368 g/mol. The van der Waals surface area contributed by atoms with Crippen molar-refractivity contribution in [1.82, 2.24) is 4.90 Å². The van der Waals surface area contributed by atoms with Gasteiger partial charge in [-0.05, 0) is 55.9 Å². The van der Waals surface area contributed by atoms with E-state index in [1.165, 1.54) is 68.6 Å². The largest absolute Gasteiger partial charge is 0.347 e. The lowest BCUT2D eigenvalue weighted by molar-refractivity contribution is 0.301. The molecule has 1 saturated heterocycles. The number of amidine groups is 1. The first kappa shape index (κ1) is 17.9. The quantitative estimate of drug-likeness (QED) is 0.675. The first-order valence-electron chi connectivity index (χ1n) is 10.3. The monoisotopic (exact) mass is 367 g/mol. The maximum Gasteiger partial charge on any atom is 0.165 e. The Bertz CT molecular complexity index is 721. The summed E-state index contributed by atoms with van der Waals surface area (Å²) in [5.41, 5.74) is 3.04. The van der Waals surface area contributed by atoms with E-state index in [0.717, 1.165) is 24.1 Å². The van der Waals surface area contributed by atoms with Crippen molar-refractivity contribution < 1.29 is 0 Å². The number of aliphatic imine (C=N–C) groups is 1. The van der Waals surface area contributed by atoms with Gasteiger partial charge in [-0.25, -0.2) is 4.99 Å². The lowest BCUT2D eigenvalue weighted by atomic mass is 10.0. The molecule has 26 heavy (non-hydrogen) atoms. The van der Waals surface area contributed by atoms with E-state index in [1.807, 2.05) is 12.1 Å². The predicted octanol–water partition coefficient (Wildman–Crippen LogP) is 5.80. The Hall–Kier alpha value is -1.47. The Kier molecular flexibility index (Phi) is 5.27. The molecule has 1 heterocycles. The van der Waals surface area contributed by atoms with E-state index in [4.69, 9.17) is 4.99 Å². The molecule has 4 heteroatoms. The van der Waals surface area contributed by atoms with Gasteiger partial charge in [0, 0.05) is 17.3 Å². The number of benzene rings is 1. The van der Waals surface area contributed by atoms with E-state index in [-0.39, 0.29) is 0 Å². The van der Waals surface area contributed by atoms with Crippen LogP contribution >= 0.6 is 11.8 Å². The highest BCUT2D eigenvalue weighted by atomic mass is 32.2. The molecule has 138 valence electrons. The van der Waals surface area contributed by atoms with Crippen molar-refractivity contribution in [3.8, 4) is 6.07 Å². The summed E-state index contributed by atoms with van der Waals surface area (Å²) < 4.78 is 0.416. The molecule has 4 rings (SSSR count). The predicted molar refractivity (Wildman–Crippen MR) is 110 cm³/mol. The van der Waals surface area contributed by atoms with Gasteiger partial charge in [-0.3, -0.25) is 0 Å². The van der Waals surface area contributed by atoms with Gasteiger partial charge in [0.15, 0.2) is 5.17 Å². The molecular formula is C22H29N3S. The summed E-state index contributed by atoms with van der Waals surface area (Å²) in [7, 11) is 0. The standard InChI is InChI=1S/C22H29N3S/c1-2-7-18-14-17(15-23)10-11-20(18)24-21-25(19-8-3-4-9-19)16-22(26-21)12-5-6-13-22/h10-11,14,19H,2-9,12-13,16H2,1H3/b24-21-. The van der Waals surface area contributed by atoms with Crippen LogP contribution in [-0.2, 0) is 6.42 Å². The van der Waals surface area contributed by atoms with E-state index in [0.29, 0.717) is 10.8 Å². The Morgan fingerprint density at radius 1 is 1.23 bits per heavy atom. The third-order valence-corrected chi connectivity index (χ3v) is 7.72. The maximum atomic E-state index is 9.23. The molecule has 0 bridgehead atoms. The van der Waals surface area contributed by atoms with Crippen LogP contribution in [0.4, 0.5) is 5.69 Å². The molecule has 2 saturated carbocycles. The molecule has 0 unspecified atom stereocenters. The fourth-order valence-corrected chi connectivity index (χ4v) is 6.43. The van der Waals surface area contributed by atoms with Gasteiger partial charge in [-0.1, -0.05) is 50.8 Å². The van der Waals surface area contributed by atoms with Gasteiger partial charge < -0.3 is 4.90 Å². The minimum absolute atomic E-state index is 0.416. The minimum atomic E-state index is 0.416. The van der Waals surface area contributed by atoms with Gasteiger partial charge in [0.1, 0.15) is 0 Å². The van der Waals surface area contributed by atoms with E-state index >= 15 is 0 Å². The summed E-state index contributed by atoms with van der Waals surface area (Å²) in [4.78, 5) is 7.84. The van der Waals surface area contributed by atoms with Gasteiger partial charge in [-0.15, -0.1) is 0 Å². The molecule has 3 fully saturated rings. The highest BCUT2D eigenvalue weighted by molar-refractivity contribution is 8.15. The summed E-state index contributed by atoms with van der Waals surface area (Å²) in [6, 6.07) is 8.98. The van der Waals surface area contributed by atoms with E-state index in [2.05, 4.69) is 35.7 Å². The number of aryl methyl sites for hydroxylation is 1. The summed E-state index contributed by atoms with van der Waals surface area (Å²) >= 11 is 2.06. The number of hydrogen-bond acceptors (Lipinski definition) is 3. The van der Waals surface area contributed by atoms with Crippen LogP contribution in [0.2, 0.25) is 0 Å². The smallest absolute Gasteiger partial charge is 0.165 e. The average Bonchev–Trinajstić information content (AvgIpc) is 3.39. The third kappa shape index (κ3) is 3.51. The number of hydrogen-bond donors (Lipinski definition) is 0. The highest BCUT2D eigenvalue weighted by Gasteiger charge is 2.46. The molecule has 1 spiro atoms. The van der Waals surface area contributed by atoms with Crippen LogP contribution in [0.25, 0.3) is 0 Å². The Morgan fingerprint density at radius 2 is 2.00 bits per heavy atom. The fourth-order valence-electron chi connectivity index (χ4n) is 4.87. The molecule has 0 atom stereocenters. The first-order chi connectivity index (χ1) is 12.7. The zero-order valence-electron chi connectivity index (χ0n) is 15.8. The van der Waals surface area contributed by atoms with Crippen LogP contribution < -0.4 is 0 Å². The third-order valence-electron chi connectivity index (χ3n) is 6.24. The van der Waals surface area contributed by atoms with Gasteiger partial charge in [-0.2, -0.15) is 5.26 Å². The van der Waals surface area contributed by atoms with Crippen molar-refractivity contribution in [2.75, 3.05) is 6.54 Å². The zero-order chi connectivity index (χ0) is 18.0. The van der Waals surface area contributed by atoms with Crippen LogP contribution in [0.15, 0.2) is 23.2 Å². The molecule has 0 N–H and O–H groups in total. The lowest BCUT2D eigenvalue weighted by Gasteiger charge is -2.27. The summed E-state index contributed by atoms with van der Waals surface area (Å²) in [6.07, 6.45) is 12.9. The summed E-state index contributed by atoms with van der Waals surface area (Å²) in [5, 5.41) is 10.5. The number of rotatable bonds is 4. The molecule has 1 aromatic rings. The highest BCUT2D eigenvalue weighted by Crippen LogP contribution is 2.50. The van der Waals surface area contributed by atoms with Crippen molar-refractivity contribution in [1.29, 1.82) is 5.26 Å². The summed E-state index contributed by atoms with van der Waals surface area (Å²) in [6.45, 7) is 3.39. The van der Waals surface area contributed by atoms with Crippen LogP contribution in [0.1, 0.15) is 75.8 Å². The molecular weight excluding hydrogens is 338 g/mol. The van der Waals surface area contributed by atoms with Crippen molar-refractivity contribution in [3.63, 3.8) is 0 Å². The molecule has 3 aliphatic rings. The molecule has 0 amide bonds. The van der Waals surface area contributed by atoms with Crippen LogP contribution in [-0.4, -0.2) is 27.4 Å². The van der Waals surface area contributed by atoms with E-state index < -0.39 is 0 Å². The summed E-state index contributed by atoms with van der Waals surface area (Å²) in [5.74, 6) is 0. The van der Waals surface area contributed by atoms with Crippen LogP contribution in [0.5, 0.6) is 0 Å². The normalized spacial score (nSPS) is 24.0. The first-order valence-corrected chi connectivity index (χ1v) is 11.1. The van der Waals surface area contributed by atoms with Crippen LogP contribution in [0.3, 0.4) is 0 Å². The zero-order valence-corrected chi connectivity index (χ0v) is 16.7. The van der Waals surface area contributed by atoms with Gasteiger partial charge in [0.25, 0.3) is 0 Å². The minimum Gasteiger partial charge on any atom is -0.347 e. The number of thioether (sulfide) groups is 1. The van der Waals surface area contributed by atoms with Crippen molar-refractivity contribution in [3.05, 3.63) is 29.3 Å². The molecule has 2 aliphatic carbocycles. The SMILES string of the molecule is CCCc1cc(C#N)ccc1/N=C1\SC2(CCCC2)CN1C1CCCC1. The molecule has 0 radical (unpaired) electrons. The fraction of sp³-hybridized carbons (Fsp3) is 0.636. The second-order valence-corrected chi connectivity index (χ2v) is 9.59. The Balaban J connectivity index is 1.68. The Labute approximate surface area is 161 Å². The molecule has 1 aliphatic heterocycles. The van der Waals surface area contributed by atoms with Crippen molar-refractivity contribution in [2.45, 2.75) is 81.9 Å². The Morgan fingerprint density at radius 3 is 2.69 bits per heavy atom.